The lowest BCUT2D eigenvalue weighted by molar-refractivity contribution is 0.00578. The largest absolute Gasteiger partial charge is 0.494 e. The van der Waals surface area contributed by atoms with Crippen LogP contribution in [0.4, 0.5) is 0 Å². The van der Waals surface area contributed by atoms with Gasteiger partial charge in [0.05, 0.1) is 16.7 Å². The number of rotatable bonds is 1. The van der Waals surface area contributed by atoms with Crippen molar-refractivity contribution in [3.63, 3.8) is 0 Å². The van der Waals surface area contributed by atoms with E-state index in [-0.39, 0.29) is 18.3 Å². The molecule has 0 N–H and O–H groups in total. The lowest BCUT2D eigenvalue weighted by Gasteiger charge is -2.32. The second-order valence-corrected chi connectivity index (χ2v) is 6.32. The van der Waals surface area contributed by atoms with Gasteiger partial charge in [-0.15, -0.1) is 0 Å². The normalized spacial score (nSPS) is 20.6. The number of hydrogen-bond acceptors (Lipinski definition) is 4. The summed E-state index contributed by atoms with van der Waals surface area (Å²) < 4.78 is 12.2. The summed E-state index contributed by atoms with van der Waals surface area (Å²) in [6.45, 7) is 10.2. The number of aryl methyl sites for hydroxylation is 1. The maximum atomic E-state index is 6.08. The van der Waals surface area contributed by atoms with Gasteiger partial charge in [-0.25, -0.2) is 9.97 Å². The highest BCUT2D eigenvalue weighted by Gasteiger charge is 2.51. The van der Waals surface area contributed by atoms with Crippen LogP contribution in [0.1, 0.15) is 33.4 Å². The molecule has 0 saturated carbocycles. The average Bonchev–Trinajstić information content (AvgIpc) is 2.59. The minimum Gasteiger partial charge on any atom is -0.399 e. The average molecular weight is 270 g/mol. The van der Waals surface area contributed by atoms with Gasteiger partial charge in [-0.2, -0.15) is 0 Å². The second-order valence-electron chi connectivity index (χ2n) is 6.32. The first-order valence-corrected chi connectivity index (χ1v) is 6.87. The first-order chi connectivity index (χ1) is 9.30. The summed E-state index contributed by atoms with van der Waals surface area (Å²) >= 11 is 0. The van der Waals surface area contributed by atoms with Crippen LogP contribution in [0.5, 0.6) is 0 Å². The molecule has 2 aromatic rings. The first-order valence-electron chi connectivity index (χ1n) is 6.87. The molecule has 5 heteroatoms. The molecule has 0 aliphatic carbocycles. The van der Waals surface area contributed by atoms with E-state index in [0.29, 0.717) is 0 Å². The molecule has 0 bridgehead atoms. The van der Waals surface area contributed by atoms with Crippen molar-refractivity contribution in [2.24, 2.45) is 0 Å². The molecular weight excluding hydrogens is 251 g/mol. The van der Waals surface area contributed by atoms with Crippen molar-refractivity contribution in [1.29, 1.82) is 0 Å². The molecule has 1 aromatic heterocycles. The van der Waals surface area contributed by atoms with Crippen LogP contribution in [0.2, 0.25) is 0 Å². The topological polar surface area (TPSA) is 44.2 Å². The summed E-state index contributed by atoms with van der Waals surface area (Å²) in [4.78, 5) is 8.51. The standard InChI is InChI=1S/C15H19BN2O2/c1-10-12-8-11(6-7-13(12)18-9-17-10)16-19-14(2,3)15(4,5)20-16/h6-9H,1-5H3. The van der Waals surface area contributed by atoms with Crippen LogP contribution in [-0.4, -0.2) is 28.3 Å². The summed E-state index contributed by atoms with van der Waals surface area (Å²) in [5.41, 5.74) is 2.27. The molecule has 2 heterocycles. The number of benzene rings is 1. The molecule has 0 amide bonds. The fourth-order valence-electron chi connectivity index (χ4n) is 2.33. The van der Waals surface area contributed by atoms with Crippen LogP contribution < -0.4 is 5.46 Å². The summed E-state index contributed by atoms with van der Waals surface area (Å²) in [6.07, 6.45) is 1.59. The van der Waals surface area contributed by atoms with Gasteiger partial charge in [0.1, 0.15) is 6.33 Å². The molecule has 1 aliphatic rings. The Morgan fingerprint density at radius 2 is 1.65 bits per heavy atom. The zero-order valence-corrected chi connectivity index (χ0v) is 12.6. The predicted octanol–water partition coefficient (Wildman–Crippen LogP) is 2.24. The van der Waals surface area contributed by atoms with Gasteiger partial charge in [-0.05, 0) is 46.1 Å². The Kier molecular flexibility index (Phi) is 2.89. The summed E-state index contributed by atoms with van der Waals surface area (Å²) in [7, 11) is -0.344. The van der Waals surface area contributed by atoms with Gasteiger partial charge in [0.2, 0.25) is 0 Å². The van der Waals surface area contributed by atoms with E-state index in [9.17, 15) is 0 Å². The molecule has 104 valence electrons. The number of aromatic nitrogens is 2. The van der Waals surface area contributed by atoms with Crippen LogP contribution in [0, 0.1) is 6.92 Å². The third kappa shape index (κ3) is 2.01. The van der Waals surface area contributed by atoms with Crippen molar-refractivity contribution in [1.82, 2.24) is 9.97 Å². The molecule has 1 aliphatic heterocycles. The predicted molar refractivity (Wildman–Crippen MR) is 80.0 cm³/mol. The Hall–Kier alpha value is -1.46. The third-order valence-electron chi connectivity index (χ3n) is 4.38. The molecule has 20 heavy (non-hydrogen) atoms. The van der Waals surface area contributed by atoms with Crippen molar-refractivity contribution < 1.29 is 9.31 Å². The quantitative estimate of drug-likeness (QED) is 0.745. The van der Waals surface area contributed by atoms with Crippen LogP contribution >= 0.6 is 0 Å². The summed E-state index contributed by atoms with van der Waals surface area (Å²) in [5, 5.41) is 1.04. The van der Waals surface area contributed by atoms with E-state index >= 15 is 0 Å². The van der Waals surface area contributed by atoms with Crippen LogP contribution in [-0.2, 0) is 9.31 Å². The highest BCUT2D eigenvalue weighted by Crippen LogP contribution is 2.36. The van der Waals surface area contributed by atoms with Gasteiger partial charge < -0.3 is 9.31 Å². The number of nitrogens with zero attached hydrogens (tertiary/aromatic N) is 2. The van der Waals surface area contributed by atoms with Gasteiger partial charge >= 0.3 is 7.12 Å². The Labute approximate surface area is 119 Å². The van der Waals surface area contributed by atoms with E-state index in [0.717, 1.165) is 22.1 Å². The lowest BCUT2D eigenvalue weighted by atomic mass is 9.78. The molecule has 0 unspecified atom stereocenters. The molecular formula is C15H19BN2O2. The van der Waals surface area contributed by atoms with Crippen LogP contribution in [0.25, 0.3) is 10.9 Å². The minimum atomic E-state index is -0.344. The molecule has 1 fully saturated rings. The van der Waals surface area contributed by atoms with E-state index in [1.807, 2.05) is 19.1 Å². The van der Waals surface area contributed by atoms with Crippen molar-refractivity contribution in [2.45, 2.75) is 45.8 Å². The Morgan fingerprint density at radius 3 is 2.30 bits per heavy atom. The summed E-state index contributed by atoms with van der Waals surface area (Å²) in [5.74, 6) is 0. The SMILES string of the molecule is Cc1ncnc2ccc(B3OC(C)(C)C(C)(C)O3)cc12. The maximum absolute atomic E-state index is 6.08. The molecule has 4 nitrogen and oxygen atoms in total. The van der Waals surface area contributed by atoms with Crippen LogP contribution in [0.3, 0.4) is 0 Å². The Balaban J connectivity index is 2.02. The number of hydrogen-bond donors (Lipinski definition) is 0. The molecule has 1 saturated heterocycles. The second kappa shape index (κ2) is 4.27. The molecule has 0 radical (unpaired) electrons. The Bertz CT molecular complexity index is 654. The molecule has 3 rings (SSSR count). The summed E-state index contributed by atoms with van der Waals surface area (Å²) in [6, 6.07) is 6.06. The highest BCUT2D eigenvalue weighted by molar-refractivity contribution is 6.62. The third-order valence-corrected chi connectivity index (χ3v) is 4.38. The highest BCUT2D eigenvalue weighted by atomic mass is 16.7. The van der Waals surface area contributed by atoms with Gasteiger partial charge in [-0.3, -0.25) is 0 Å². The zero-order valence-electron chi connectivity index (χ0n) is 12.6. The van der Waals surface area contributed by atoms with Gasteiger partial charge in [0.15, 0.2) is 0 Å². The first kappa shape index (κ1) is 13.5. The lowest BCUT2D eigenvalue weighted by Crippen LogP contribution is -2.41. The van der Waals surface area contributed by atoms with E-state index in [2.05, 4.69) is 43.7 Å². The van der Waals surface area contributed by atoms with Crippen molar-refractivity contribution >= 4 is 23.5 Å². The van der Waals surface area contributed by atoms with Crippen molar-refractivity contribution in [2.75, 3.05) is 0 Å². The number of fused-ring (bicyclic) bond motifs is 1. The van der Waals surface area contributed by atoms with E-state index in [1.165, 1.54) is 0 Å². The molecule has 0 spiro atoms. The van der Waals surface area contributed by atoms with Crippen molar-refractivity contribution in [3.05, 3.63) is 30.2 Å². The molecule has 0 atom stereocenters. The van der Waals surface area contributed by atoms with Gasteiger partial charge in [-0.1, -0.05) is 12.1 Å². The van der Waals surface area contributed by atoms with Crippen LogP contribution in [0.15, 0.2) is 24.5 Å². The van der Waals surface area contributed by atoms with Gasteiger partial charge in [0, 0.05) is 11.1 Å². The fraction of sp³-hybridized carbons (Fsp3) is 0.467. The minimum absolute atomic E-state index is 0.325. The van der Waals surface area contributed by atoms with E-state index in [4.69, 9.17) is 9.31 Å². The van der Waals surface area contributed by atoms with E-state index in [1.54, 1.807) is 6.33 Å². The fourth-order valence-corrected chi connectivity index (χ4v) is 2.33. The molecule has 1 aromatic carbocycles. The van der Waals surface area contributed by atoms with Crippen molar-refractivity contribution in [3.8, 4) is 0 Å². The monoisotopic (exact) mass is 270 g/mol. The van der Waals surface area contributed by atoms with E-state index < -0.39 is 0 Å². The maximum Gasteiger partial charge on any atom is 0.494 e. The smallest absolute Gasteiger partial charge is 0.399 e. The Morgan fingerprint density at radius 1 is 1.00 bits per heavy atom. The van der Waals surface area contributed by atoms with Gasteiger partial charge in [0.25, 0.3) is 0 Å². The zero-order chi connectivity index (χ0) is 14.5.